The smallest absolute Gasteiger partial charge is 0.323 e. The molecule has 0 unspecified atom stereocenters. The Hall–Kier alpha value is -3.39. The summed E-state index contributed by atoms with van der Waals surface area (Å²) in [5, 5.41) is 8.23. The molecule has 6 nitrogen and oxygen atoms in total. The van der Waals surface area contributed by atoms with Crippen molar-refractivity contribution in [3.05, 3.63) is 77.9 Å². The van der Waals surface area contributed by atoms with Gasteiger partial charge in [0.2, 0.25) is 11.6 Å². The van der Waals surface area contributed by atoms with Gasteiger partial charge in [-0.05, 0) is 42.0 Å². The van der Waals surface area contributed by atoms with Gasteiger partial charge in [0.15, 0.2) is 0 Å². The van der Waals surface area contributed by atoms with E-state index in [2.05, 4.69) is 20.9 Å². The molecule has 0 bridgehead atoms. The minimum Gasteiger partial charge on any atom is -1.00 e. The fraction of sp³-hybridized carbons (Fsp3) is 0.0526. The average molecular weight is 406 g/mol. The van der Waals surface area contributed by atoms with Gasteiger partial charge in [-0.15, -0.1) is 0 Å². The number of hydrogen-bond donors (Lipinski definition) is 4. The van der Waals surface area contributed by atoms with Crippen molar-refractivity contribution in [1.29, 1.82) is 0 Å². The largest absolute Gasteiger partial charge is 1.00 e. The maximum atomic E-state index is 13.1. The quantitative estimate of drug-likeness (QED) is 0.501. The first kappa shape index (κ1) is 20.9. The highest BCUT2D eigenvalue weighted by molar-refractivity contribution is 6.00. The average Bonchev–Trinajstić information content (AvgIpc) is 2.63. The van der Waals surface area contributed by atoms with E-state index in [0.29, 0.717) is 23.7 Å². The molecule has 2 amide bonds. The van der Waals surface area contributed by atoms with E-state index in [-0.39, 0.29) is 24.0 Å². The number of rotatable bonds is 5. The van der Waals surface area contributed by atoms with Gasteiger partial charge in [0.05, 0.1) is 6.54 Å². The van der Waals surface area contributed by atoms with Crippen LogP contribution in [0, 0.1) is 11.6 Å². The molecule has 2 aromatic carbocycles. The number of aromatic nitrogens is 1. The van der Waals surface area contributed by atoms with E-state index in [1.54, 1.807) is 30.3 Å². The van der Waals surface area contributed by atoms with Crippen molar-refractivity contribution in [2.75, 3.05) is 21.7 Å². The second kappa shape index (κ2) is 9.52. The number of amides is 2. The topological polar surface area (TPSA) is 93.3 Å². The summed E-state index contributed by atoms with van der Waals surface area (Å²) in [5.74, 6) is 0.139. The summed E-state index contributed by atoms with van der Waals surface area (Å²) in [6, 6.07) is 14.5. The third-order valence-corrected chi connectivity index (χ3v) is 3.70. The molecule has 146 valence electrons. The first-order valence-corrected chi connectivity index (χ1v) is 8.13. The van der Waals surface area contributed by atoms with Gasteiger partial charge >= 0.3 is 6.03 Å². The maximum absolute atomic E-state index is 13.1. The molecule has 28 heavy (non-hydrogen) atoms. The Labute approximate surface area is 166 Å². The van der Waals surface area contributed by atoms with Gasteiger partial charge < -0.3 is 34.1 Å². The van der Waals surface area contributed by atoms with Crippen LogP contribution in [0.3, 0.4) is 0 Å². The van der Waals surface area contributed by atoms with Crippen molar-refractivity contribution < 1.29 is 31.0 Å². The van der Waals surface area contributed by atoms with Crippen LogP contribution in [0.25, 0.3) is 0 Å². The standard InChI is InChI=1S/C19H17F2N5O.ClH/c20-13-6-4-12(5-7-13)11-23-17-9-8-16(18(22)26-17)25-19(27)24-15-3-1-2-14(21)10-15;/h1-10H,11H2,(H3,22,23,26)(H2,24,25,27);1H. The Morgan fingerprint density at radius 2 is 1.71 bits per heavy atom. The second-order valence-electron chi connectivity index (χ2n) is 5.77. The van der Waals surface area contributed by atoms with Crippen LogP contribution in [0.1, 0.15) is 5.56 Å². The number of carbonyl (C=O) groups is 1. The van der Waals surface area contributed by atoms with E-state index >= 15 is 0 Å². The van der Waals surface area contributed by atoms with E-state index < -0.39 is 11.8 Å². The lowest BCUT2D eigenvalue weighted by atomic mass is 10.2. The van der Waals surface area contributed by atoms with E-state index in [9.17, 15) is 13.6 Å². The molecule has 6 N–H and O–H groups in total. The van der Waals surface area contributed by atoms with Gasteiger partial charge in [0, 0.05) is 11.8 Å². The lowest BCUT2D eigenvalue weighted by molar-refractivity contribution is -0.342. The monoisotopic (exact) mass is 405 g/mol. The van der Waals surface area contributed by atoms with Crippen molar-refractivity contribution >= 4 is 29.0 Å². The number of carbonyl (C=O) groups excluding carboxylic acids is 1. The third kappa shape index (κ3) is 5.82. The number of H-pyrrole nitrogens is 1. The van der Waals surface area contributed by atoms with Crippen molar-refractivity contribution in [3.8, 4) is 0 Å². The van der Waals surface area contributed by atoms with Gasteiger partial charge in [-0.1, -0.05) is 18.2 Å². The van der Waals surface area contributed by atoms with E-state index in [1.165, 1.54) is 30.3 Å². The van der Waals surface area contributed by atoms with Crippen molar-refractivity contribution in [2.24, 2.45) is 0 Å². The van der Waals surface area contributed by atoms with Gasteiger partial charge in [0.25, 0.3) is 0 Å². The van der Waals surface area contributed by atoms with Crippen LogP contribution in [-0.2, 0) is 6.54 Å². The molecule has 0 radical (unpaired) electrons. The van der Waals surface area contributed by atoms with Crippen LogP contribution in [0.2, 0.25) is 0 Å². The molecule has 9 heteroatoms. The molecule has 3 rings (SSSR count). The summed E-state index contributed by atoms with van der Waals surface area (Å²) in [4.78, 5) is 14.9. The number of benzene rings is 2. The number of nitrogens with one attached hydrogen (secondary N) is 4. The molecule has 0 saturated heterocycles. The van der Waals surface area contributed by atoms with Crippen molar-refractivity contribution in [1.82, 2.24) is 0 Å². The molecule has 1 heterocycles. The van der Waals surface area contributed by atoms with E-state index in [4.69, 9.17) is 5.73 Å². The molecular formula is C19H18ClF2N5O. The predicted octanol–water partition coefficient (Wildman–Crippen LogP) is 0.621. The number of nitrogen functional groups attached to an aromatic ring is 1. The zero-order valence-electron chi connectivity index (χ0n) is 14.6. The van der Waals surface area contributed by atoms with E-state index in [0.717, 1.165) is 5.56 Å². The van der Waals surface area contributed by atoms with Crippen LogP contribution in [-0.4, -0.2) is 6.03 Å². The number of pyridine rings is 1. The highest BCUT2D eigenvalue weighted by atomic mass is 35.5. The normalized spacial score (nSPS) is 9.93. The van der Waals surface area contributed by atoms with Gasteiger partial charge in [-0.25, -0.2) is 18.6 Å². The molecule has 0 atom stereocenters. The lowest BCUT2D eigenvalue weighted by Gasteiger charge is -2.09. The van der Waals surface area contributed by atoms with Gasteiger partial charge in [-0.3, -0.25) is 0 Å². The Kier molecular flexibility index (Phi) is 7.11. The summed E-state index contributed by atoms with van der Waals surface area (Å²) in [7, 11) is 0. The Balaban J connectivity index is 0.00000280. The zero-order chi connectivity index (χ0) is 19.2. The summed E-state index contributed by atoms with van der Waals surface area (Å²) >= 11 is 0. The summed E-state index contributed by atoms with van der Waals surface area (Å²) in [6.45, 7) is 0.475. The number of urea groups is 1. The summed E-state index contributed by atoms with van der Waals surface area (Å²) < 4.78 is 26.1. The van der Waals surface area contributed by atoms with Crippen LogP contribution in [0.4, 0.5) is 36.6 Å². The molecule has 0 spiro atoms. The molecule has 0 aliphatic heterocycles. The zero-order valence-corrected chi connectivity index (χ0v) is 15.4. The molecule has 0 aliphatic carbocycles. The van der Waals surface area contributed by atoms with Crippen LogP contribution in [0.5, 0.6) is 0 Å². The van der Waals surface area contributed by atoms with Crippen LogP contribution >= 0.6 is 0 Å². The van der Waals surface area contributed by atoms with E-state index in [1.807, 2.05) is 0 Å². The molecule has 0 aliphatic rings. The summed E-state index contributed by atoms with van der Waals surface area (Å²) in [6.07, 6.45) is 0. The number of halogens is 3. The van der Waals surface area contributed by atoms with Gasteiger partial charge in [0.1, 0.15) is 17.3 Å². The molecule has 3 aromatic rings. The number of anilines is 4. The minimum absolute atomic E-state index is 0. The van der Waals surface area contributed by atoms with Gasteiger partial charge in [-0.2, -0.15) is 0 Å². The third-order valence-electron chi connectivity index (χ3n) is 3.70. The highest BCUT2D eigenvalue weighted by Crippen LogP contribution is 2.16. The van der Waals surface area contributed by atoms with Crippen molar-refractivity contribution in [2.45, 2.75) is 6.54 Å². The Bertz CT molecular complexity index is 953. The Morgan fingerprint density at radius 3 is 2.39 bits per heavy atom. The number of hydrogen-bond acceptors (Lipinski definition) is 3. The highest BCUT2D eigenvalue weighted by Gasteiger charge is 2.10. The first-order valence-electron chi connectivity index (χ1n) is 8.13. The molecule has 0 fully saturated rings. The summed E-state index contributed by atoms with van der Waals surface area (Å²) in [5.41, 5.74) is 7.53. The predicted molar refractivity (Wildman–Crippen MR) is 100 cm³/mol. The SMILES string of the molecule is Nc1[nH+]c(NCc2ccc(F)cc2)ccc1NC(=O)Nc1cccc(F)c1.[Cl-]. The van der Waals surface area contributed by atoms with Crippen LogP contribution < -0.4 is 39.1 Å². The lowest BCUT2D eigenvalue weighted by Crippen LogP contribution is -3.00. The fourth-order valence-electron chi connectivity index (χ4n) is 2.37. The van der Waals surface area contributed by atoms with Crippen LogP contribution in [0.15, 0.2) is 60.7 Å². The molecule has 0 saturated carbocycles. The number of aromatic amines is 1. The minimum atomic E-state index is -0.548. The van der Waals surface area contributed by atoms with Crippen molar-refractivity contribution in [3.63, 3.8) is 0 Å². The number of nitrogens with two attached hydrogens (primary N) is 1. The first-order chi connectivity index (χ1) is 13.0. The molecular weight excluding hydrogens is 388 g/mol. The molecule has 1 aromatic heterocycles. The fourth-order valence-corrected chi connectivity index (χ4v) is 2.37. The second-order valence-corrected chi connectivity index (χ2v) is 5.77. The Morgan fingerprint density at radius 1 is 0.964 bits per heavy atom. The maximum Gasteiger partial charge on any atom is 0.323 e.